The van der Waals surface area contributed by atoms with Gasteiger partial charge in [0.25, 0.3) is 5.56 Å². The summed E-state index contributed by atoms with van der Waals surface area (Å²) in [5.41, 5.74) is 4.89. The number of pyridine rings is 1. The summed E-state index contributed by atoms with van der Waals surface area (Å²) in [4.78, 5) is 25.8. The van der Waals surface area contributed by atoms with Gasteiger partial charge in [-0.3, -0.25) is 4.79 Å². The highest BCUT2D eigenvalue weighted by molar-refractivity contribution is 7.98. The van der Waals surface area contributed by atoms with Gasteiger partial charge in [0.15, 0.2) is 5.16 Å². The molecule has 23 heavy (non-hydrogen) atoms. The average molecular weight is 345 g/mol. The van der Waals surface area contributed by atoms with E-state index in [0.29, 0.717) is 9.86 Å². The van der Waals surface area contributed by atoms with Crippen molar-refractivity contribution < 1.29 is 0 Å². The Kier molecular flexibility index (Phi) is 3.89. The predicted molar refractivity (Wildman–Crippen MR) is 98.0 cm³/mol. The first-order chi connectivity index (χ1) is 11.2. The summed E-state index contributed by atoms with van der Waals surface area (Å²) in [6.07, 6.45) is 8.72. The smallest absolute Gasteiger partial charge is 0.269 e. The van der Waals surface area contributed by atoms with E-state index < -0.39 is 0 Å². The molecular weight excluding hydrogens is 326 g/mol. The molecule has 1 N–H and O–H groups in total. The highest BCUT2D eigenvalue weighted by Gasteiger charge is 2.24. The number of rotatable bonds is 4. The number of unbranched alkanes of at least 4 members (excludes halogenated alkanes) is 1. The molecule has 0 atom stereocenters. The van der Waals surface area contributed by atoms with E-state index in [9.17, 15) is 4.79 Å². The normalized spacial score (nSPS) is 14.0. The van der Waals surface area contributed by atoms with Crippen LogP contribution in [0.4, 0.5) is 0 Å². The molecule has 0 saturated heterocycles. The third-order valence-corrected chi connectivity index (χ3v) is 6.22. The van der Waals surface area contributed by atoms with Crippen molar-refractivity contribution in [1.29, 1.82) is 0 Å². The molecule has 3 heterocycles. The summed E-state index contributed by atoms with van der Waals surface area (Å²) >= 11 is 2.97. The third kappa shape index (κ3) is 2.39. The second-order valence-corrected chi connectivity index (χ2v) is 7.80. The maximum absolute atomic E-state index is 12.4. The highest BCUT2D eigenvalue weighted by atomic mass is 32.2. The molecule has 4 nitrogen and oxygen atoms in total. The van der Waals surface area contributed by atoms with Gasteiger partial charge >= 0.3 is 0 Å². The van der Waals surface area contributed by atoms with Gasteiger partial charge < -0.3 is 4.98 Å². The van der Waals surface area contributed by atoms with E-state index >= 15 is 0 Å². The number of hydrogen-bond acceptors (Lipinski definition) is 5. The lowest BCUT2D eigenvalue weighted by Crippen LogP contribution is -2.07. The molecule has 120 valence electrons. The fraction of sp³-hybridized carbons (Fsp3) is 0.471. The minimum absolute atomic E-state index is 0.0378. The lowest BCUT2D eigenvalue weighted by atomic mass is 10.0. The first kappa shape index (κ1) is 15.1. The predicted octanol–water partition coefficient (Wildman–Crippen LogP) is 4.09. The number of aromatic nitrogens is 3. The largest absolute Gasteiger partial charge is 0.300 e. The maximum Gasteiger partial charge on any atom is 0.269 e. The van der Waals surface area contributed by atoms with Crippen LogP contribution >= 0.6 is 23.1 Å². The zero-order valence-corrected chi connectivity index (χ0v) is 15.0. The molecule has 0 aliphatic heterocycles. The molecule has 0 amide bonds. The first-order valence-electron chi connectivity index (χ1n) is 8.14. The number of H-pyrrole nitrogens is 1. The second kappa shape index (κ2) is 5.91. The van der Waals surface area contributed by atoms with Gasteiger partial charge in [-0.05, 0) is 49.5 Å². The molecule has 0 saturated carbocycles. The van der Waals surface area contributed by atoms with Gasteiger partial charge in [0.2, 0.25) is 0 Å². The van der Waals surface area contributed by atoms with Gasteiger partial charge in [0.1, 0.15) is 9.53 Å². The monoisotopic (exact) mass is 345 g/mol. The molecule has 4 rings (SSSR count). The lowest BCUT2D eigenvalue weighted by molar-refractivity contribution is 0.770. The van der Waals surface area contributed by atoms with E-state index in [-0.39, 0.29) is 5.56 Å². The van der Waals surface area contributed by atoms with Gasteiger partial charge in [-0.1, -0.05) is 25.1 Å². The second-order valence-electron chi connectivity index (χ2n) is 6.01. The van der Waals surface area contributed by atoms with Gasteiger partial charge in [0.05, 0.1) is 5.52 Å². The summed E-state index contributed by atoms with van der Waals surface area (Å²) in [6.45, 7) is 2.21. The van der Waals surface area contributed by atoms with Crippen LogP contribution in [0.25, 0.3) is 20.4 Å². The molecule has 6 heteroatoms. The zero-order valence-electron chi connectivity index (χ0n) is 13.4. The molecule has 1 aliphatic carbocycles. The summed E-state index contributed by atoms with van der Waals surface area (Å²) in [5.74, 6) is 0. The van der Waals surface area contributed by atoms with Crippen molar-refractivity contribution >= 4 is 43.5 Å². The van der Waals surface area contributed by atoms with Crippen LogP contribution in [0.3, 0.4) is 0 Å². The average Bonchev–Trinajstić information content (AvgIpc) is 3.16. The fourth-order valence-electron chi connectivity index (χ4n) is 3.48. The minimum atomic E-state index is -0.0378. The molecule has 0 radical (unpaired) electrons. The third-order valence-electron chi connectivity index (χ3n) is 4.57. The summed E-state index contributed by atoms with van der Waals surface area (Å²) in [7, 11) is 0. The van der Waals surface area contributed by atoms with Crippen LogP contribution in [0.5, 0.6) is 0 Å². The van der Waals surface area contributed by atoms with E-state index in [2.05, 4.69) is 16.9 Å². The van der Waals surface area contributed by atoms with Crippen molar-refractivity contribution in [1.82, 2.24) is 15.0 Å². The van der Waals surface area contributed by atoms with Crippen LogP contribution in [0.15, 0.2) is 9.95 Å². The van der Waals surface area contributed by atoms with Crippen molar-refractivity contribution in [3.05, 3.63) is 27.2 Å². The van der Waals surface area contributed by atoms with Gasteiger partial charge in [0, 0.05) is 11.1 Å². The standard InChI is InChI=1S/C17H19N3OS2/c1-3-4-8-11-9-6-5-7-10(9)12-13-14(23-16(12)18-11)15(21)20-17(19-13)22-2/h3-8H2,1-2H3,(H,19,20,21). The Labute approximate surface area is 142 Å². The number of aromatic amines is 1. The Morgan fingerprint density at radius 1 is 1.26 bits per heavy atom. The molecule has 0 fully saturated rings. The van der Waals surface area contributed by atoms with E-state index in [4.69, 9.17) is 4.98 Å². The Morgan fingerprint density at radius 3 is 2.87 bits per heavy atom. The zero-order chi connectivity index (χ0) is 16.0. The lowest BCUT2D eigenvalue weighted by Gasteiger charge is -2.08. The van der Waals surface area contributed by atoms with Crippen LogP contribution in [-0.2, 0) is 19.3 Å². The van der Waals surface area contributed by atoms with Gasteiger partial charge in [-0.2, -0.15) is 0 Å². The molecule has 3 aromatic heterocycles. The molecule has 3 aromatic rings. The summed E-state index contributed by atoms with van der Waals surface area (Å²) < 4.78 is 0.715. The summed E-state index contributed by atoms with van der Waals surface area (Å²) in [5, 5.41) is 1.82. The van der Waals surface area contributed by atoms with Crippen molar-refractivity contribution in [3.8, 4) is 0 Å². The number of nitrogens with one attached hydrogen (secondary N) is 1. The van der Waals surface area contributed by atoms with E-state index in [1.807, 2.05) is 6.26 Å². The Bertz CT molecular complexity index is 958. The van der Waals surface area contributed by atoms with Crippen molar-refractivity contribution in [3.63, 3.8) is 0 Å². The quantitative estimate of drug-likeness (QED) is 0.572. The van der Waals surface area contributed by atoms with E-state index in [1.54, 1.807) is 0 Å². The van der Waals surface area contributed by atoms with E-state index in [1.165, 1.54) is 59.2 Å². The van der Waals surface area contributed by atoms with Crippen LogP contribution in [0, 0.1) is 0 Å². The Hall–Kier alpha value is -1.40. The van der Waals surface area contributed by atoms with Crippen molar-refractivity contribution in [2.75, 3.05) is 6.26 Å². The van der Waals surface area contributed by atoms with Crippen LogP contribution in [-0.4, -0.2) is 21.2 Å². The number of fused-ring (bicyclic) bond motifs is 5. The Balaban J connectivity index is 2.06. The number of thiophene rings is 1. The molecule has 0 aromatic carbocycles. The fourth-order valence-corrected chi connectivity index (χ4v) is 4.92. The number of thioether (sulfide) groups is 1. The highest BCUT2D eigenvalue weighted by Crippen LogP contribution is 2.38. The van der Waals surface area contributed by atoms with Crippen LogP contribution in [0.1, 0.15) is 43.0 Å². The summed E-state index contributed by atoms with van der Waals surface area (Å²) in [6, 6.07) is 0. The van der Waals surface area contributed by atoms with Gasteiger partial charge in [-0.15, -0.1) is 11.3 Å². The topological polar surface area (TPSA) is 58.6 Å². The first-order valence-corrected chi connectivity index (χ1v) is 10.2. The van der Waals surface area contributed by atoms with Crippen LogP contribution in [0.2, 0.25) is 0 Å². The molecule has 0 spiro atoms. The molecular formula is C17H19N3OS2. The number of aryl methyl sites for hydroxylation is 2. The molecule has 0 unspecified atom stereocenters. The number of nitrogens with zero attached hydrogens (tertiary/aromatic N) is 2. The molecule has 1 aliphatic rings. The number of hydrogen-bond donors (Lipinski definition) is 1. The molecule has 0 bridgehead atoms. The van der Waals surface area contributed by atoms with Crippen molar-refractivity contribution in [2.45, 2.75) is 50.6 Å². The van der Waals surface area contributed by atoms with Crippen LogP contribution < -0.4 is 5.56 Å². The van der Waals surface area contributed by atoms with Crippen molar-refractivity contribution in [2.24, 2.45) is 0 Å². The minimum Gasteiger partial charge on any atom is -0.300 e. The van der Waals surface area contributed by atoms with Gasteiger partial charge in [-0.25, -0.2) is 9.97 Å². The SMILES string of the molecule is CCCCc1nc2sc3c(=O)[nH]c(SC)nc3c2c2c1CCC2. The maximum atomic E-state index is 12.4. The van der Waals surface area contributed by atoms with E-state index in [0.717, 1.165) is 35.0 Å². The Morgan fingerprint density at radius 2 is 2.09 bits per heavy atom.